The predicted molar refractivity (Wildman–Crippen MR) is 62.4 cm³/mol. The van der Waals surface area contributed by atoms with Gasteiger partial charge in [-0.1, -0.05) is 13.3 Å². The maximum absolute atomic E-state index is 8.93. The molecule has 16 heavy (non-hydrogen) atoms. The molecule has 0 amide bonds. The molecule has 90 valence electrons. The lowest BCUT2D eigenvalue weighted by Crippen LogP contribution is -2.30. The molecule has 0 unspecified atom stereocenters. The fourth-order valence-electron chi connectivity index (χ4n) is 1.53. The summed E-state index contributed by atoms with van der Waals surface area (Å²) in [7, 11) is 0. The maximum atomic E-state index is 8.93. The number of hydrogen-bond acceptors (Lipinski definition) is 5. The zero-order chi connectivity index (χ0) is 11.8. The summed E-state index contributed by atoms with van der Waals surface area (Å²) in [5.74, 6) is 0.765. The van der Waals surface area contributed by atoms with Crippen molar-refractivity contribution in [3.8, 4) is 0 Å². The van der Waals surface area contributed by atoms with Crippen LogP contribution in [-0.2, 0) is 6.42 Å². The first-order valence-electron chi connectivity index (χ1n) is 5.59. The van der Waals surface area contributed by atoms with E-state index in [-0.39, 0.29) is 13.2 Å². The van der Waals surface area contributed by atoms with Crippen molar-refractivity contribution in [2.24, 2.45) is 0 Å². The minimum atomic E-state index is 0.0487. The Morgan fingerprint density at radius 2 is 1.88 bits per heavy atom. The van der Waals surface area contributed by atoms with Gasteiger partial charge in [0, 0.05) is 24.8 Å². The van der Waals surface area contributed by atoms with Crippen molar-refractivity contribution in [2.75, 3.05) is 31.2 Å². The molecule has 1 rings (SSSR count). The lowest BCUT2D eigenvalue weighted by Gasteiger charge is -2.21. The first kappa shape index (κ1) is 12.9. The fraction of sp³-hybridized carbons (Fsp3) is 0.636. The SMILES string of the molecule is CCCc1cc(N(CCO)CCO)ncn1. The van der Waals surface area contributed by atoms with Gasteiger partial charge in [0.05, 0.1) is 13.2 Å². The van der Waals surface area contributed by atoms with Gasteiger partial charge >= 0.3 is 0 Å². The Labute approximate surface area is 95.8 Å². The van der Waals surface area contributed by atoms with E-state index in [1.54, 1.807) is 0 Å². The van der Waals surface area contributed by atoms with Crippen LogP contribution in [0.5, 0.6) is 0 Å². The number of nitrogens with zero attached hydrogens (tertiary/aromatic N) is 3. The summed E-state index contributed by atoms with van der Waals surface area (Å²) in [4.78, 5) is 10.2. The second kappa shape index (κ2) is 7.14. The number of aliphatic hydroxyl groups is 2. The first-order chi connectivity index (χ1) is 7.81. The largest absolute Gasteiger partial charge is 0.395 e. The molecule has 0 aliphatic heterocycles. The molecular formula is C11H19N3O2. The maximum Gasteiger partial charge on any atom is 0.132 e. The van der Waals surface area contributed by atoms with Crippen molar-refractivity contribution < 1.29 is 10.2 Å². The summed E-state index contributed by atoms with van der Waals surface area (Å²) in [6.07, 6.45) is 3.49. The van der Waals surface area contributed by atoms with Gasteiger partial charge in [0.1, 0.15) is 12.1 Å². The molecule has 0 fully saturated rings. The Morgan fingerprint density at radius 1 is 1.19 bits per heavy atom. The Balaban J connectivity index is 2.77. The highest BCUT2D eigenvalue weighted by molar-refractivity contribution is 5.38. The van der Waals surface area contributed by atoms with E-state index in [1.807, 2.05) is 11.0 Å². The quantitative estimate of drug-likeness (QED) is 0.694. The van der Waals surface area contributed by atoms with Crippen molar-refractivity contribution in [3.05, 3.63) is 18.1 Å². The van der Waals surface area contributed by atoms with Crippen LogP contribution in [0.4, 0.5) is 5.82 Å². The van der Waals surface area contributed by atoms with Crippen molar-refractivity contribution in [2.45, 2.75) is 19.8 Å². The number of rotatable bonds is 7. The normalized spacial score (nSPS) is 10.4. The van der Waals surface area contributed by atoms with Crippen LogP contribution in [-0.4, -0.2) is 46.5 Å². The van der Waals surface area contributed by atoms with Crippen LogP contribution in [0.15, 0.2) is 12.4 Å². The molecule has 1 heterocycles. The molecule has 0 atom stereocenters. The smallest absolute Gasteiger partial charge is 0.132 e. The Kier molecular flexibility index (Phi) is 5.74. The van der Waals surface area contributed by atoms with Gasteiger partial charge in [-0.3, -0.25) is 0 Å². The molecule has 0 saturated heterocycles. The highest BCUT2D eigenvalue weighted by atomic mass is 16.3. The minimum Gasteiger partial charge on any atom is -0.395 e. The van der Waals surface area contributed by atoms with Crippen LogP contribution >= 0.6 is 0 Å². The van der Waals surface area contributed by atoms with Crippen molar-refractivity contribution in [1.82, 2.24) is 9.97 Å². The second-order valence-electron chi connectivity index (χ2n) is 3.55. The van der Waals surface area contributed by atoms with E-state index in [4.69, 9.17) is 10.2 Å². The average molecular weight is 225 g/mol. The molecule has 1 aromatic rings. The molecule has 2 N–H and O–H groups in total. The topological polar surface area (TPSA) is 69.5 Å². The summed E-state index contributed by atoms with van der Waals surface area (Å²) in [6.45, 7) is 3.15. The van der Waals surface area contributed by atoms with Gasteiger partial charge in [0.25, 0.3) is 0 Å². The van der Waals surface area contributed by atoms with E-state index in [1.165, 1.54) is 6.33 Å². The lowest BCUT2D eigenvalue weighted by atomic mass is 10.2. The zero-order valence-electron chi connectivity index (χ0n) is 9.63. The number of hydrogen-bond donors (Lipinski definition) is 2. The molecule has 0 aliphatic carbocycles. The molecule has 0 saturated carbocycles. The second-order valence-corrected chi connectivity index (χ2v) is 3.55. The summed E-state index contributed by atoms with van der Waals surface area (Å²) < 4.78 is 0. The summed E-state index contributed by atoms with van der Waals surface area (Å²) in [6, 6.07) is 1.91. The van der Waals surface area contributed by atoms with E-state index in [2.05, 4.69) is 16.9 Å². The van der Waals surface area contributed by atoms with Crippen LogP contribution < -0.4 is 4.90 Å². The molecule has 0 spiro atoms. The molecular weight excluding hydrogens is 206 g/mol. The highest BCUT2D eigenvalue weighted by Gasteiger charge is 2.07. The van der Waals surface area contributed by atoms with Gasteiger partial charge < -0.3 is 15.1 Å². The van der Waals surface area contributed by atoms with E-state index in [0.29, 0.717) is 13.1 Å². The van der Waals surface area contributed by atoms with Gasteiger partial charge in [0.2, 0.25) is 0 Å². The molecule has 0 radical (unpaired) electrons. The Hall–Kier alpha value is -1.20. The molecule has 5 heteroatoms. The predicted octanol–water partition coefficient (Wildman–Crippen LogP) is 0.220. The molecule has 0 bridgehead atoms. The Bertz CT molecular complexity index is 301. The van der Waals surface area contributed by atoms with Crippen LogP contribution in [0.1, 0.15) is 19.0 Å². The summed E-state index contributed by atoms with van der Waals surface area (Å²) >= 11 is 0. The van der Waals surface area contributed by atoms with Gasteiger partial charge in [-0.05, 0) is 6.42 Å². The van der Waals surface area contributed by atoms with Crippen LogP contribution in [0.25, 0.3) is 0 Å². The number of aromatic nitrogens is 2. The molecule has 0 aliphatic rings. The lowest BCUT2D eigenvalue weighted by molar-refractivity contribution is 0.280. The molecule has 0 aromatic carbocycles. The number of anilines is 1. The summed E-state index contributed by atoms with van der Waals surface area (Å²) in [5, 5.41) is 17.9. The van der Waals surface area contributed by atoms with Crippen molar-refractivity contribution >= 4 is 5.82 Å². The van der Waals surface area contributed by atoms with E-state index >= 15 is 0 Å². The average Bonchev–Trinajstić information content (AvgIpc) is 2.30. The van der Waals surface area contributed by atoms with Crippen molar-refractivity contribution in [1.29, 1.82) is 0 Å². The van der Waals surface area contributed by atoms with Crippen molar-refractivity contribution in [3.63, 3.8) is 0 Å². The van der Waals surface area contributed by atoms with Gasteiger partial charge in [-0.25, -0.2) is 9.97 Å². The van der Waals surface area contributed by atoms with Gasteiger partial charge in [-0.15, -0.1) is 0 Å². The van der Waals surface area contributed by atoms with Crippen LogP contribution in [0.3, 0.4) is 0 Å². The Morgan fingerprint density at radius 3 is 2.44 bits per heavy atom. The van der Waals surface area contributed by atoms with Crippen LogP contribution in [0.2, 0.25) is 0 Å². The highest BCUT2D eigenvalue weighted by Crippen LogP contribution is 2.11. The number of aliphatic hydroxyl groups excluding tert-OH is 2. The van der Waals surface area contributed by atoms with Crippen LogP contribution in [0, 0.1) is 0 Å². The third-order valence-electron chi connectivity index (χ3n) is 2.28. The van der Waals surface area contributed by atoms with Gasteiger partial charge in [-0.2, -0.15) is 0 Å². The monoisotopic (exact) mass is 225 g/mol. The van der Waals surface area contributed by atoms with E-state index in [0.717, 1.165) is 24.4 Å². The summed E-state index contributed by atoms with van der Waals surface area (Å²) in [5.41, 5.74) is 0.994. The third kappa shape index (κ3) is 3.75. The van der Waals surface area contributed by atoms with Gasteiger partial charge in [0.15, 0.2) is 0 Å². The minimum absolute atomic E-state index is 0.0487. The standard InChI is InChI=1S/C11H19N3O2/c1-2-3-10-8-11(13-9-12-10)14(4-6-15)5-7-16/h8-9,15-16H,2-7H2,1H3. The van der Waals surface area contributed by atoms with E-state index < -0.39 is 0 Å². The van der Waals surface area contributed by atoms with E-state index in [9.17, 15) is 0 Å². The fourth-order valence-corrected chi connectivity index (χ4v) is 1.53. The first-order valence-corrected chi connectivity index (χ1v) is 5.59. The molecule has 1 aromatic heterocycles. The molecule has 5 nitrogen and oxygen atoms in total. The number of aryl methyl sites for hydroxylation is 1. The zero-order valence-corrected chi connectivity index (χ0v) is 9.63. The third-order valence-corrected chi connectivity index (χ3v) is 2.28.